The molecule has 2 aliphatic heterocycles. The van der Waals surface area contributed by atoms with Crippen molar-refractivity contribution in [2.45, 2.75) is 30.8 Å². The van der Waals surface area contributed by atoms with Crippen molar-refractivity contribution in [2.75, 3.05) is 46.8 Å². The standard InChI is InChI=1S/C22H28N4O9/c1-29-7-8-30-9-10-31-12-16(27)32-11-15-17-18(35-22(34-17)14-5-3-2-4-6-14)21(33-15)26-13-24-20(25-26)19(23)28/h2-6,13,15,17-18,21-22H,7-12H2,1H3,(H2,23,28)/t15-,17?,18?,21-,22?/m1/s1. The molecule has 0 spiro atoms. The number of rotatable bonds is 13. The van der Waals surface area contributed by atoms with Crippen LogP contribution in [-0.4, -0.2) is 91.7 Å². The molecule has 0 aliphatic carbocycles. The average Bonchev–Trinajstić information content (AvgIpc) is 3.58. The lowest BCUT2D eigenvalue weighted by atomic mass is 10.1. The van der Waals surface area contributed by atoms with Crippen LogP contribution in [0, 0.1) is 0 Å². The van der Waals surface area contributed by atoms with Gasteiger partial charge in [0.2, 0.25) is 5.82 Å². The van der Waals surface area contributed by atoms with Gasteiger partial charge in [0, 0.05) is 12.7 Å². The van der Waals surface area contributed by atoms with Crippen molar-refractivity contribution in [2.24, 2.45) is 5.73 Å². The molecule has 0 bridgehead atoms. The van der Waals surface area contributed by atoms with Crippen molar-refractivity contribution in [3.63, 3.8) is 0 Å². The van der Waals surface area contributed by atoms with Crippen LogP contribution in [-0.2, 0) is 38.0 Å². The average molecular weight is 492 g/mol. The molecule has 35 heavy (non-hydrogen) atoms. The lowest BCUT2D eigenvalue weighted by Crippen LogP contribution is -2.33. The van der Waals surface area contributed by atoms with Crippen molar-refractivity contribution in [1.29, 1.82) is 0 Å². The van der Waals surface area contributed by atoms with Crippen LogP contribution in [0.2, 0.25) is 0 Å². The fraction of sp³-hybridized carbons (Fsp3) is 0.545. The number of amides is 1. The number of fused-ring (bicyclic) bond motifs is 1. The zero-order valence-corrected chi connectivity index (χ0v) is 19.2. The first-order valence-electron chi connectivity index (χ1n) is 11.1. The van der Waals surface area contributed by atoms with Gasteiger partial charge in [-0.25, -0.2) is 14.5 Å². The summed E-state index contributed by atoms with van der Waals surface area (Å²) in [5.74, 6) is -1.47. The third-order valence-electron chi connectivity index (χ3n) is 5.34. The molecule has 0 radical (unpaired) electrons. The number of nitrogens with zero attached hydrogens (tertiary/aromatic N) is 3. The Morgan fingerprint density at radius 3 is 2.51 bits per heavy atom. The Labute approximate surface area is 201 Å². The number of ether oxygens (including phenoxy) is 7. The fourth-order valence-electron chi connectivity index (χ4n) is 3.69. The van der Waals surface area contributed by atoms with Crippen LogP contribution < -0.4 is 5.73 Å². The minimum atomic E-state index is -0.765. The smallest absolute Gasteiger partial charge is 0.332 e. The largest absolute Gasteiger partial charge is 0.461 e. The Bertz CT molecular complexity index is 973. The van der Waals surface area contributed by atoms with E-state index in [1.807, 2.05) is 30.3 Å². The zero-order chi connectivity index (χ0) is 24.6. The fourth-order valence-corrected chi connectivity index (χ4v) is 3.69. The minimum Gasteiger partial charge on any atom is -0.461 e. The van der Waals surface area contributed by atoms with Crippen molar-refractivity contribution in [1.82, 2.24) is 14.8 Å². The van der Waals surface area contributed by atoms with Gasteiger partial charge >= 0.3 is 5.97 Å². The Morgan fingerprint density at radius 1 is 1.03 bits per heavy atom. The number of carbonyl (C=O) groups excluding carboxylic acids is 2. The molecule has 2 aliphatic rings. The first kappa shape index (κ1) is 25.2. The highest BCUT2D eigenvalue weighted by Gasteiger charge is 2.54. The van der Waals surface area contributed by atoms with Gasteiger partial charge in [0.05, 0.1) is 26.4 Å². The highest BCUT2D eigenvalue weighted by Crippen LogP contribution is 2.43. The van der Waals surface area contributed by atoms with Crippen molar-refractivity contribution < 1.29 is 42.7 Å². The van der Waals surface area contributed by atoms with Gasteiger partial charge in [0.1, 0.15) is 37.9 Å². The second kappa shape index (κ2) is 12.2. The number of nitrogens with two attached hydrogens (primary N) is 1. The van der Waals surface area contributed by atoms with Gasteiger partial charge in [-0.05, 0) is 0 Å². The lowest BCUT2D eigenvalue weighted by molar-refractivity contribution is -0.170. The highest BCUT2D eigenvalue weighted by atomic mass is 16.8. The maximum absolute atomic E-state index is 12.1. The molecule has 1 aromatic carbocycles. The van der Waals surface area contributed by atoms with Gasteiger partial charge in [-0.2, -0.15) is 0 Å². The third kappa shape index (κ3) is 6.39. The number of primary amides is 1. The lowest BCUT2D eigenvalue weighted by Gasteiger charge is -2.20. The summed E-state index contributed by atoms with van der Waals surface area (Å²) < 4.78 is 40.4. The van der Waals surface area contributed by atoms with Gasteiger partial charge in [0.25, 0.3) is 5.91 Å². The van der Waals surface area contributed by atoms with E-state index in [-0.39, 0.29) is 25.6 Å². The molecule has 2 saturated heterocycles. The first-order valence-corrected chi connectivity index (χ1v) is 11.1. The van der Waals surface area contributed by atoms with Crippen LogP contribution in [0.25, 0.3) is 0 Å². The van der Waals surface area contributed by atoms with Crippen LogP contribution in [0.3, 0.4) is 0 Å². The van der Waals surface area contributed by atoms with Crippen molar-refractivity contribution in [3.8, 4) is 0 Å². The molecule has 4 rings (SSSR count). The Morgan fingerprint density at radius 2 is 1.77 bits per heavy atom. The molecule has 190 valence electrons. The monoisotopic (exact) mass is 492 g/mol. The summed E-state index contributed by atoms with van der Waals surface area (Å²) >= 11 is 0. The summed E-state index contributed by atoms with van der Waals surface area (Å²) in [6.07, 6.45) is -1.88. The molecule has 13 heteroatoms. The summed E-state index contributed by atoms with van der Waals surface area (Å²) in [5.41, 5.74) is 6.09. The molecule has 2 N–H and O–H groups in total. The molecule has 1 amide bonds. The van der Waals surface area contributed by atoms with Crippen LogP contribution in [0.15, 0.2) is 36.7 Å². The normalized spacial score (nSPS) is 25.5. The molecule has 13 nitrogen and oxygen atoms in total. The van der Waals surface area contributed by atoms with E-state index in [1.54, 1.807) is 7.11 Å². The van der Waals surface area contributed by atoms with E-state index >= 15 is 0 Å². The predicted octanol–water partition coefficient (Wildman–Crippen LogP) is -0.0200. The quantitative estimate of drug-likeness (QED) is 0.296. The molecule has 5 atom stereocenters. The number of hydrogen-bond donors (Lipinski definition) is 1. The number of benzene rings is 1. The topological polar surface area (TPSA) is 155 Å². The molecule has 2 aromatic rings. The summed E-state index contributed by atoms with van der Waals surface area (Å²) in [7, 11) is 1.59. The molecule has 1 aromatic heterocycles. The van der Waals surface area contributed by atoms with E-state index in [4.69, 9.17) is 38.9 Å². The number of carbonyl (C=O) groups is 2. The van der Waals surface area contributed by atoms with Gasteiger partial charge in [0.15, 0.2) is 12.5 Å². The molecule has 3 heterocycles. The minimum absolute atomic E-state index is 0.0908. The maximum Gasteiger partial charge on any atom is 0.332 e. The number of methoxy groups -OCH3 is 1. The van der Waals surface area contributed by atoms with Gasteiger partial charge in [-0.3, -0.25) is 4.79 Å². The van der Waals surface area contributed by atoms with E-state index < -0.39 is 42.7 Å². The molecule has 2 fully saturated rings. The molecule has 0 saturated carbocycles. The highest BCUT2D eigenvalue weighted by molar-refractivity contribution is 5.88. The number of aromatic nitrogens is 3. The Balaban J connectivity index is 1.34. The number of esters is 1. The Hall–Kier alpha value is -2.94. The molecular weight excluding hydrogens is 464 g/mol. The van der Waals surface area contributed by atoms with Crippen LogP contribution >= 0.6 is 0 Å². The summed E-state index contributed by atoms with van der Waals surface area (Å²) in [6, 6.07) is 9.41. The molecule has 3 unspecified atom stereocenters. The zero-order valence-electron chi connectivity index (χ0n) is 19.2. The van der Waals surface area contributed by atoms with E-state index in [0.29, 0.717) is 19.8 Å². The summed E-state index contributed by atoms with van der Waals surface area (Å²) in [4.78, 5) is 27.4. The maximum atomic E-state index is 12.1. The van der Waals surface area contributed by atoms with E-state index in [0.717, 1.165) is 5.56 Å². The number of hydrogen-bond acceptors (Lipinski definition) is 11. The van der Waals surface area contributed by atoms with Crippen LogP contribution in [0.5, 0.6) is 0 Å². The van der Waals surface area contributed by atoms with E-state index in [2.05, 4.69) is 10.1 Å². The SMILES string of the molecule is COCCOCCOCC(=O)OC[C@H]1O[C@@H](n2cnc(C(N)=O)n2)C2OC(c3ccccc3)OC21. The summed E-state index contributed by atoms with van der Waals surface area (Å²) in [6.45, 7) is 1.20. The predicted molar refractivity (Wildman–Crippen MR) is 116 cm³/mol. The second-order valence-electron chi connectivity index (χ2n) is 7.76. The third-order valence-corrected chi connectivity index (χ3v) is 5.34. The Kier molecular flexibility index (Phi) is 8.74. The van der Waals surface area contributed by atoms with Crippen LogP contribution in [0.4, 0.5) is 0 Å². The summed E-state index contributed by atoms with van der Waals surface area (Å²) in [5, 5.41) is 4.08. The van der Waals surface area contributed by atoms with Gasteiger partial charge in [-0.1, -0.05) is 30.3 Å². The van der Waals surface area contributed by atoms with Crippen LogP contribution in [0.1, 0.15) is 28.7 Å². The van der Waals surface area contributed by atoms with E-state index in [9.17, 15) is 9.59 Å². The van der Waals surface area contributed by atoms with Crippen molar-refractivity contribution in [3.05, 3.63) is 48.0 Å². The van der Waals surface area contributed by atoms with Gasteiger partial charge < -0.3 is 38.9 Å². The van der Waals surface area contributed by atoms with Crippen molar-refractivity contribution >= 4 is 11.9 Å². The molecular formula is C22H28N4O9. The second-order valence-corrected chi connectivity index (χ2v) is 7.76. The van der Waals surface area contributed by atoms with Gasteiger partial charge in [-0.15, -0.1) is 5.10 Å². The van der Waals surface area contributed by atoms with E-state index in [1.165, 1.54) is 11.0 Å². The first-order chi connectivity index (χ1) is 17.1.